The smallest absolute Gasteiger partial charge is 0.268 e. The number of aromatic nitrogens is 2. The minimum absolute atomic E-state index is 0.0621. The van der Waals surface area contributed by atoms with Gasteiger partial charge in [0.2, 0.25) is 0 Å². The number of nitrogens with one attached hydrogen (secondary N) is 2. The molecule has 0 fully saturated rings. The van der Waals surface area contributed by atoms with Gasteiger partial charge in [-0.1, -0.05) is 18.2 Å². The molecular weight excluding hydrogens is 432 g/mol. The van der Waals surface area contributed by atoms with Crippen molar-refractivity contribution in [2.24, 2.45) is 0 Å². The Hall–Kier alpha value is -4.59. The Morgan fingerprint density at radius 1 is 1.09 bits per heavy atom. The van der Waals surface area contributed by atoms with E-state index in [-0.39, 0.29) is 12.2 Å². The molecule has 0 unspecified atom stereocenters. The molecule has 0 aliphatic heterocycles. The Morgan fingerprint density at radius 3 is 2.56 bits per heavy atom. The number of nitrogens with zero attached hydrogens (tertiary/aromatic N) is 2. The van der Waals surface area contributed by atoms with Crippen LogP contribution in [0.1, 0.15) is 27.5 Å². The Balaban J connectivity index is 1.53. The maximum absolute atomic E-state index is 13.1. The number of hydrogen-bond donors (Lipinski definition) is 2. The Labute approximate surface area is 196 Å². The molecule has 0 spiro atoms. The average molecular weight is 457 g/mol. The van der Waals surface area contributed by atoms with Gasteiger partial charge in [-0.2, -0.15) is 0 Å². The second-order valence-corrected chi connectivity index (χ2v) is 7.41. The number of furan rings is 1. The fourth-order valence-corrected chi connectivity index (χ4v) is 3.41. The van der Waals surface area contributed by atoms with Crippen LogP contribution in [-0.2, 0) is 11.3 Å². The number of benzene rings is 2. The number of aryl methyl sites for hydroxylation is 1. The highest BCUT2D eigenvalue weighted by atomic mass is 16.5. The van der Waals surface area contributed by atoms with Gasteiger partial charge in [0, 0.05) is 30.6 Å². The third-order valence-electron chi connectivity index (χ3n) is 5.19. The van der Waals surface area contributed by atoms with Crippen molar-refractivity contribution in [1.29, 1.82) is 0 Å². The van der Waals surface area contributed by atoms with E-state index in [1.165, 1.54) is 12.3 Å². The molecule has 172 valence electrons. The van der Waals surface area contributed by atoms with E-state index in [0.717, 1.165) is 17.1 Å². The number of amides is 2. The first-order valence-electron chi connectivity index (χ1n) is 10.6. The Kier molecular flexibility index (Phi) is 6.88. The molecule has 0 aliphatic carbocycles. The van der Waals surface area contributed by atoms with E-state index >= 15 is 0 Å². The van der Waals surface area contributed by atoms with E-state index in [2.05, 4.69) is 15.6 Å². The number of rotatable bonds is 8. The first-order valence-corrected chi connectivity index (χ1v) is 10.6. The monoisotopic (exact) mass is 456 g/mol. The minimum Gasteiger partial charge on any atom is -0.497 e. The summed E-state index contributed by atoms with van der Waals surface area (Å²) < 4.78 is 12.4. The second kappa shape index (κ2) is 10.4. The lowest BCUT2D eigenvalue weighted by atomic mass is 10.1. The van der Waals surface area contributed by atoms with Gasteiger partial charge < -0.3 is 24.4 Å². The molecule has 2 amide bonds. The summed E-state index contributed by atoms with van der Waals surface area (Å²) in [5.41, 5.74) is 2.26. The summed E-state index contributed by atoms with van der Waals surface area (Å²) in [6, 6.07) is 17.7. The van der Waals surface area contributed by atoms with Crippen LogP contribution in [0.2, 0.25) is 0 Å². The van der Waals surface area contributed by atoms with Crippen LogP contribution in [0.5, 0.6) is 5.75 Å². The van der Waals surface area contributed by atoms with Crippen LogP contribution in [0.4, 0.5) is 0 Å². The predicted octanol–water partition coefficient (Wildman–Crippen LogP) is 3.87. The molecule has 0 bridgehead atoms. The zero-order chi connectivity index (χ0) is 23.9. The average Bonchev–Trinajstić information content (AvgIpc) is 3.54. The van der Waals surface area contributed by atoms with Gasteiger partial charge in [0.15, 0.2) is 0 Å². The highest BCUT2D eigenvalue weighted by Gasteiger charge is 2.16. The van der Waals surface area contributed by atoms with Crippen molar-refractivity contribution in [3.8, 4) is 11.4 Å². The molecule has 4 rings (SSSR count). The predicted molar refractivity (Wildman–Crippen MR) is 127 cm³/mol. The molecule has 0 saturated carbocycles. The molecule has 0 saturated heterocycles. The van der Waals surface area contributed by atoms with Crippen LogP contribution < -0.4 is 15.4 Å². The van der Waals surface area contributed by atoms with Crippen LogP contribution in [0.3, 0.4) is 0 Å². The van der Waals surface area contributed by atoms with Crippen molar-refractivity contribution < 1.29 is 18.7 Å². The topological polar surface area (TPSA) is 98.4 Å². The zero-order valence-corrected chi connectivity index (χ0v) is 18.8. The van der Waals surface area contributed by atoms with E-state index in [1.807, 2.05) is 42.0 Å². The lowest BCUT2D eigenvalue weighted by molar-refractivity contribution is -0.117. The number of imidazole rings is 1. The lowest BCUT2D eigenvalue weighted by Gasteiger charge is -2.14. The van der Waals surface area contributed by atoms with Gasteiger partial charge in [0.05, 0.1) is 19.1 Å². The van der Waals surface area contributed by atoms with Gasteiger partial charge >= 0.3 is 0 Å². The van der Waals surface area contributed by atoms with Crippen LogP contribution in [0.15, 0.2) is 89.4 Å². The van der Waals surface area contributed by atoms with Crippen LogP contribution in [-0.4, -0.2) is 28.5 Å². The highest BCUT2D eigenvalue weighted by Crippen LogP contribution is 2.17. The minimum atomic E-state index is -0.449. The van der Waals surface area contributed by atoms with Crippen molar-refractivity contribution in [2.45, 2.75) is 13.5 Å². The largest absolute Gasteiger partial charge is 0.497 e. The Bertz CT molecular complexity index is 1300. The maximum atomic E-state index is 13.1. The molecule has 8 heteroatoms. The van der Waals surface area contributed by atoms with Gasteiger partial charge in [-0.05, 0) is 55.0 Å². The molecule has 2 N–H and O–H groups in total. The fraction of sp³-hybridized carbons (Fsp3) is 0.115. The van der Waals surface area contributed by atoms with E-state index in [9.17, 15) is 9.59 Å². The number of methoxy groups -OCH3 is 1. The SMILES string of the molecule is COc1ccc(C(=O)N/C(=C\c2ccco2)C(=O)NCc2ccccc2-n2ccnc2C)cc1. The summed E-state index contributed by atoms with van der Waals surface area (Å²) in [5, 5.41) is 5.58. The third-order valence-corrected chi connectivity index (χ3v) is 5.19. The van der Waals surface area contributed by atoms with Crippen molar-refractivity contribution in [2.75, 3.05) is 7.11 Å². The van der Waals surface area contributed by atoms with E-state index < -0.39 is 11.8 Å². The summed E-state index contributed by atoms with van der Waals surface area (Å²) in [7, 11) is 1.55. The molecular formula is C26H24N4O4. The number of ether oxygens (including phenoxy) is 1. The number of para-hydroxylation sites is 1. The molecule has 2 aromatic heterocycles. The van der Waals surface area contributed by atoms with Gasteiger partial charge in [0.1, 0.15) is 23.0 Å². The first-order chi connectivity index (χ1) is 16.5. The summed E-state index contributed by atoms with van der Waals surface area (Å²) in [5.74, 6) is 1.03. The quantitative estimate of drug-likeness (QED) is 0.392. The van der Waals surface area contributed by atoms with Crippen LogP contribution in [0, 0.1) is 6.92 Å². The zero-order valence-electron chi connectivity index (χ0n) is 18.8. The molecule has 2 heterocycles. The van der Waals surface area contributed by atoms with E-state index in [4.69, 9.17) is 9.15 Å². The van der Waals surface area contributed by atoms with Crippen LogP contribution >= 0.6 is 0 Å². The molecule has 8 nitrogen and oxygen atoms in total. The summed E-state index contributed by atoms with van der Waals surface area (Å²) in [4.78, 5) is 30.2. The highest BCUT2D eigenvalue weighted by molar-refractivity contribution is 6.05. The molecule has 34 heavy (non-hydrogen) atoms. The molecule has 2 aromatic carbocycles. The van der Waals surface area contributed by atoms with Crippen molar-refractivity contribution in [3.63, 3.8) is 0 Å². The number of carbonyl (C=O) groups excluding carboxylic acids is 2. The van der Waals surface area contributed by atoms with E-state index in [0.29, 0.717) is 17.1 Å². The van der Waals surface area contributed by atoms with Crippen molar-refractivity contribution in [1.82, 2.24) is 20.2 Å². The molecule has 4 aromatic rings. The third kappa shape index (κ3) is 5.24. The van der Waals surface area contributed by atoms with Crippen molar-refractivity contribution in [3.05, 3.63) is 108 Å². The van der Waals surface area contributed by atoms with Crippen molar-refractivity contribution >= 4 is 17.9 Å². The molecule has 0 radical (unpaired) electrons. The van der Waals surface area contributed by atoms with Gasteiger partial charge in [0.25, 0.3) is 11.8 Å². The number of carbonyl (C=O) groups is 2. The van der Waals surface area contributed by atoms with Gasteiger partial charge in [-0.15, -0.1) is 0 Å². The number of hydrogen-bond acceptors (Lipinski definition) is 5. The second-order valence-electron chi connectivity index (χ2n) is 7.41. The summed E-state index contributed by atoms with van der Waals surface area (Å²) in [6.45, 7) is 2.16. The molecule has 0 aliphatic rings. The standard InChI is InChI=1S/C26H24N4O4/c1-18-27-13-14-30(18)24-8-4-3-6-20(24)17-28-26(32)23(16-22-7-5-15-34-22)29-25(31)19-9-11-21(33-2)12-10-19/h3-16H,17H2,1-2H3,(H,28,32)(H,29,31)/b23-16-. The summed E-state index contributed by atoms with van der Waals surface area (Å²) in [6.07, 6.45) is 6.58. The lowest BCUT2D eigenvalue weighted by Crippen LogP contribution is -2.34. The maximum Gasteiger partial charge on any atom is 0.268 e. The van der Waals surface area contributed by atoms with Gasteiger partial charge in [-0.3, -0.25) is 9.59 Å². The molecule has 0 atom stereocenters. The normalized spacial score (nSPS) is 11.2. The van der Waals surface area contributed by atoms with Gasteiger partial charge in [-0.25, -0.2) is 4.98 Å². The van der Waals surface area contributed by atoms with E-state index in [1.54, 1.807) is 49.7 Å². The van der Waals surface area contributed by atoms with Crippen LogP contribution in [0.25, 0.3) is 11.8 Å². The summed E-state index contributed by atoms with van der Waals surface area (Å²) >= 11 is 0. The first kappa shape index (κ1) is 22.6. The Morgan fingerprint density at radius 2 is 1.88 bits per heavy atom. The fourth-order valence-electron chi connectivity index (χ4n) is 3.41.